The van der Waals surface area contributed by atoms with Gasteiger partial charge >= 0.3 is 11.8 Å². The second-order valence-electron chi connectivity index (χ2n) is 7.23. The molecule has 3 rings (SSSR count). The number of anilines is 1. The van der Waals surface area contributed by atoms with Crippen LogP contribution in [0.25, 0.3) is 0 Å². The number of hydrogen-bond donors (Lipinski definition) is 2. The van der Waals surface area contributed by atoms with Crippen molar-refractivity contribution in [3.8, 4) is 17.2 Å². The lowest BCUT2D eigenvalue weighted by Crippen LogP contribution is -2.32. The van der Waals surface area contributed by atoms with Crippen LogP contribution in [0.2, 0.25) is 0 Å². The summed E-state index contributed by atoms with van der Waals surface area (Å²) in [5, 5.41) is 6.35. The van der Waals surface area contributed by atoms with Crippen molar-refractivity contribution in [2.24, 2.45) is 5.10 Å². The number of hydrazone groups is 1. The fraction of sp³-hybridized carbons (Fsp3) is 0.192. The van der Waals surface area contributed by atoms with E-state index in [-0.39, 0.29) is 12.4 Å². The third-order valence-corrected chi connectivity index (χ3v) is 5.27. The molecule has 36 heavy (non-hydrogen) atoms. The number of nitrogens with one attached hydrogen (secondary N) is 2. The molecule has 0 aromatic heterocycles. The summed E-state index contributed by atoms with van der Waals surface area (Å²) in [6, 6.07) is 16.5. The Kier molecular flexibility index (Phi) is 9.82. The highest BCUT2D eigenvalue weighted by Crippen LogP contribution is 2.37. The van der Waals surface area contributed by atoms with Crippen molar-refractivity contribution in [2.75, 3.05) is 18.5 Å². The molecule has 0 aliphatic carbocycles. The second kappa shape index (κ2) is 13.2. The first kappa shape index (κ1) is 26.7. The zero-order valence-corrected chi connectivity index (χ0v) is 21.3. The maximum atomic E-state index is 13.9. The standard InChI is InChI=1S/C26H25BrFN3O5/c1-3-34-22-12-8-7-11-21(22)30-25(32)26(33)31-29-15-17-13-19(27)24(23(14-17)35-4-2)36-16-18-9-5-6-10-20(18)28/h5-15H,3-4,16H2,1-2H3,(H,30,32)(H,31,33). The summed E-state index contributed by atoms with van der Waals surface area (Å²) in [5.41, 5.74) is 3.53. The summed E-state index contributed by atoms with van der Waals surface area (Å²) in [6.45, 7) is 4.42. The van der Waals surface area contributed by atoms with Crippen LogP contribution in [-0.4, -0.2) is 31.2 Å². The largest absolute Gasteiger partial charge is 0.492 e. The Bertz CT molecular complexity index is 1250. The first-order valence-corrected chi connectivity index (χ1v) is 11.9. The monoisotopic (exact) mass is 557 g/mol. The number of hydrogen-bond acceptors (Lipinski definition) is 6. The minimum Gasteiger partial charge on any atom is -0.492 e. The molecule has 0 aliphatic heterocycles. The van der Waals surface area contributed by atoms with E-state index < -0.39 is 11.8 Å². The van der Waals surface area contributed by atoms with E-state index in [0.717, 1.165) is 0 Å². The van der Waals surface area contributed by atoms with Gasteiger partial charge in [-0.15, -0.1) is 0 Å². The maximum Gasteiger partial charge on any atom is 0.329 e. The van der Waals surface area contributed by atoms with E-state index >= 15 is 0 Å². The summed E-state index contributed by atoms with van der Waals surface area (Å²) in [5.74, 6) is -0.958. The van der Waals surface area contributed by atoms with E-state index in [9.17, 15) is 14.0 Å². The van der Waals surface area contributed by atoms with Crippen LogP contribution in [0.1, 0.15) is 25.0 Å². The molecule has 2 amide bonds. The Balaban J connectivity index is 1.66. The molecule has 3 aromatic carbocycles. The van der Waals surface area contributed by atoms with Gasteiger partial charge in [-0.3, -0.25) is 9.59 Å². The van der Waals surface area contributed by atoms with Gasteiger partial charge in [0.15, 0.2) is 11.5 Å². The minimum atomic E-state index is -0.952. The molecule has 0 fully saturated rings. The summed E-state index contributed by atoms with van der Waals surface area (Å²) in [6.07, 6.45) is 1.35. The van der Waals surface area contributed by atoms with Gasteiger partial charge in [-0.05, 0) is 65.7 Å². The van der Waals surface area contributed by atoms with Crippen LogP contribution in [-0.2, 0) is 16.2 Å². The number of ether oxygens (including phenoxy) is 3. The van der Waals surface area contributed by atoms with Gasteiger partial charge in [0.1, 0.15) is 18.2 Å². The van der Waals surface area contributed by atoms with Crippen LogP contribution < -0.4 is 25.0 Å². The molecule has 0 atom stereocenters. The molecule has 10 heteroatoms. The van der Waals surface area contributed by atoms with Crippen molar-refractivity contribution < 1.29 is 28.2 Å². The zero-order chi connectivity index (χ0) is 25.9. The second-order valence-corrected chi connectivity index (χ2v) is 8.08. The Morgan fingerprint density at radius 2 is 1.64 bits per heavy atom. The lowest BCUT2D eigenvalue weighted by molar-refractivity contribution is -0.136. The molecule has 0 unspecified atom stereocenters. The van der Waals surface area contributed by atoms with Gasteiger partial charge in [-0.2, -0.15) is 5.10 Å². The van der Waals surface area contributed by atoms with Gasteiger partial charge in [-0.1, -0.05) is 30.3 Å². The van der Waals surface area contributed by atoms with E-state index in [0.29, 0.717) is 51.7 Å². The van der Waals surface area contributed by atoms with Gasteiger partial charge in [0, 0.05) is 5.56 Å². The van der Waals surface area contributed by atoms with Crippen LogP contribution in [0.4, 0.5) is 10.1 Å². The Hall–Kier alpha value is -3.92. The Morgan fingerprint density at radius 3 is 2.39 bits per heavy atom. The summed E-state index contributed by atoms with van der Waals surface area (Å²) >= 11 is 3.44. The minimum absolute atomic E-state index is 0.0103. The fourth-order valence-corrected chi connectivity index (χ4v) is 3.65. The van der Waals surface area contributed by atoms with E-state index in [1.165, 1.54) is 12.3 Å². The molecule has 0 spiro atoms. The van der Waals surface area contributed by atoms with Crippen molar-refractivity contribution in [2.45, 2.75) is 20.5 Å². The smallest absolute Gasteiger partial charge is 0.329 e. The van der Waals surface area contributed by atoms with E-state index in [1.807, 2.05) is 13.8 Å². The summed E-state index contributed by atoms with van der Waals surface area (Å²) < 4.78 is 31.4. The predicted molar refractivity (Wildman–Crippen MR) is 138 cm³/mol. The predicted octanol–water partition coefficient (Wildman–Crippen LogP) is 5.05. The molecule has 0 saturated carbocycles. The number of amides is 2. The van der Waals surface area contributed by atoms with Gasteiger partial charge in [0.25, 0.3) is 0 Å². The number of nitrogens with zero attached hydrogens (tertiary/aromatic N) is 1. The van der Waals surface area contributed by atoms with Crippen molar-refractivity contribution in [3.63, 3.8) is 0 Å². The SMILES string of the molecule is CCOc1ccccc1NC(=O)C(=O)NN=Cc1cc(Br)c(OCc2ccccc2F)c(OCC)c1. The Labute approximate surface area is 216 Å². The quantitative estimate of drug-likeness (QED) is 0.206. The van der Waals surface area contributed by atoms with Crippen molar-refractivity contribution >= 4 is 39.6 Å². The van der Waals surface area contributed by atoms with Crippen LogP contribution in [0.15, 0.2) is 70.2 Å². The molecule has 188 valence electrons. The first-order valence-electron chi connectivity index (χ1n) is 11.1. The summed E-state index contributed by atoms with van der Waals surface area (Å²) in [4.78, 5) is 24.4. The van der Waals surface area contributed by atoms with Gasteiger partial charge in [-0.25, -0.2) is 9.82 Å². The molecular formula is C26H25BrFN3O5. The third kappa shape index (κ3) is 7.29. The first-order chi connectivity index (χ1) is 17.4. The third-order valence-electron chi connectivity index (χ3n) is 4.68. The number of carbonyl (C=O) groups is 2. The molecular weight excluding hydrogens is 533 g/mol. The molecule has 0 saturated heterocycles. The Morgan fingerprint density at radius 1 is 0.944 bits per heavy atom. The molecule has 0 radical (unpaired) electrons. The molecule has 3 aromatic rings. The number of para-hydroxylation sites is 2. The van der Waals surface area contributed by atoms with Crippen molar-refractivity contribution in [3.05, 3.63) is 82.1 Å². The topological polar surface area (TPSA) is 98.2 Å². The van der Waals surface area contributed by atoms with Crippen LogP contribution in [0.5, 0.6) is 17.2 Å². The molecule has 2 N–H and O–H groups in total. The highest BCUT2D eigenvalue weighted by atomic mass is 79.9. The molecule has 8 nitrogen and oxygen atoms in total. The van der Waals surface area contributed by atoms with Crippen molar-refractivity contribution in [1.82, 2.24) is 5.43 Å². The maximum absolute atomic E-state index is 13.9. The van der Waals surface area contributed by atoms with Gasteiger partial charge in [0.05, 0.1) is 29.6 Å². The highest BCUT2D eigenvalue weighted by molar-refractivity contribution is 9.10. The average Bonchev–Trinajstić information content (AvgIpc) is 2.86. The van der Waals surface area contributed by atoms with E-state index in [2.05, 4.69) is 31.8 Å². The van der Waals surface area contributed by atoms with Crippen LogP contribution >= 0.6 is 15.9 Å². The lowest BCUT2D eigenvalue weighted by Gasteiger charge is -2.15. The molecule has 0 bridgehead atoms. The summed E-state index contributed by atoms with van der Waals surface area (Å²) in [7, 11) is 0. The molecule has 0 aliphatic rings. The van der Waals surface area contributed by atoms with E-state index in [1.54, 1.807) is 54.6 Å². The van der Waals surface area contributed by atoms with Crippen molar-refractivity contribution in [1.29, 1.82) is 0 Å². The average molecular weight is 558 g/mol. The van der Waals surface area contributed by atoms with E-state index in [4.69, 9.17) is 14.2 Å². The normalized spacial score (nSPS) is 10.7. The highest BCUT2D eigenvalue weighted by Gasteiger charge is 2.16. The zero-order valence-electron chi connectivity index (χ0n) is 19.7. The number of rotatable bonds is 10. The lowest BCUT2D eigenvalue weighted by atomic mass is 10.2. The number of benzene rings is 3. The van der Waals surface area contributed by atoms with Gasteiger partial charge in [0.2, 0.25) is 0 Å². The van der Waals surface area contributed by atoms with Gasteiger partial charge < -0.3 is 19.5 Å². The van der Waals surface area contributed by atoms with Crippen LogP contribution in [0.3, 0.4) is 0 Å². The molecule has 0 heterocycles. The number of halogens is 2. The van der Waals surface area contributed by atoms with Crippen LogP contribution in [0, 0.1) is 5.82 Å². The fourth-order valence-electron chi connectivity index (χ4n) is 3.08. The number of carbonyl (C=O) groups excluding carboxylic acids is 2.